The van der Waals surface area contributed by atoms with E-state index in [4.69, 9.17) is 4.98 Å². The van der Waals surface area contributed by atoms with E-state index in [0.717, 1.165) is 52.3 Å². The van der Waals surface area contributed by atoms with Gasteiger partial charge in [0.15, 0.2) is 5.13 Å². The summed E-state index contributed by atoms with van der Waals surface area (Å²) in [6.07, 6.45) is 9.98. The van der Waals surface area contributed by atoms with Gasteiger partial charge in [-0.15, -0.1) is 11.8 Å². The van der Waals surface area contributed by atoms with Gasteiger partial charge in [-0.1, -0.05) is 11.3 Å². The Labute approximate surface area is 201 Å². The van der Waals surface area contributed by atoms with Gasteiger partial charge in [-0.2, -0.15) is 0 Å². The summed E-state index contributed by atoms with van der Waals surface area (Å²) in [5, 5.41) is 17.8. The second kappa shape index (κ2) is 9.82. The zero-order chi connectivity index (χ0) is 22.8. The molecular formula is C23H28N6O2S2. The van der Waals surface area contributed by atoms with Crippen LogP contribution in [0.2, 0.25) is 0 Å². The van der Waals surface area contributed by atoms with Gasteiger partial charge in [0.1, 0.15) is 0 Å². The molecule has 0 spiro atoms. The van der Waals surface area contributed by atoms with Gasteiger partial charge in [0.2, 0.25) is 5.95 Å². The van der Waals surface area contributed by atoms with Crippen LogP contribution in [-0.4, -0.2) is 68.4 Å². The maximum Gasteiger partial charge on any atom is 0.253 e. The normalized spacial score (nSPS) is 23.1. The predicted molar refractivity (Wildman–Crippen MR) is 133 cm³/mol. The highest BCUT2D eigenvalue weighted by molar-refractivity contribution is 7.98. The first-order valence-corrected chi connectivity index (χ1v) is 13.4. The maximum atomic E-state index is 12.9. The molecule has 2 aliphatic rings. The molecule has 1 saturated carbocycles. The van der Waals surface area contributed by atoms with Crippen molar-refractivity contribution in [3.63, 3.8) is 0 Å². The highest BCUT2D eigenvalue weighted by Crippen LogP contribution is 2.31. The van der Waals surface area contributed by atoms with Crippen molar-refractivity contribution in [2.45, 2.75) is 55.2 Å². The summed E-state index contributed by atoms with van der Waals surface area (Å²) in [5.41, 5.74) is 1.55. The third-order valence-electron chi connectivity index (χ3n) is 6.28. The van der Waals surface area contributed by atoms with Gasteiger partial charge in [0, 0.05) is 48.0 Å². The smallest absolute Gasteiger partial charge is 0.253 e. The number of fused-ring (bicyclic) bond motifs is 1. The molecule has 1 aliphatic carbocycles. The average molecular weight is 485 g/mol. The Balaban J connectivity index is 1.20. The van der Waals surface area contributed by atoms with Gasteiger partial charge in [0.05, 0.1) is 16.3 Å². The predicted octanol–water partition coefficient (Wildman–Crippen LogP) is 3.85. The number of benzene rings is 1. The van der Waals surface area contributed by atoms with E-state index in [-0.39, 0.29) is 5.91 Å². The number of aliphatic hydroxyl groups is 1. The number of hydrogen-bond acceptors (Lipinski definition) is 9. The van der Waals surface area contributed by atoms with Gasteiger partial charge >= 0.3 is 0 Å². The molecule has 3 N–H and O–H groups in total. The van der Waals surface area contributed by atoms with Gasteiger partial charge in [0.25, 0.3) is 5.91 Å². The lowest BCUT2D eigenvalue weighted by atomic mass is 10.1. The number of β-amino-alcohol motifs (C(OH)–C–C–N with tert-alkyl or cyclic N) is 1. The van der Waals surface area contributed by atoms with E-state index in [9.17, 15) is 9.90 Å². The molecule has 1 aliphatic heterocycles. The van der Waals surface area contributed by atoms with E-state index in [1.54, 1.807) is 28.0 Å². The van der Waals surface area contributed by atoms with Crippen molar-refractivity contribution in [3.05, 3.63) is 36.2 Å². The van der Waals surface area contributed by atoms with Crippen LogP contribution in [0, 0.1) is 0 Å². The fraction of sp³-hybridized carbons (Fsp3) is 0.478. The molecule has 1 unspecified atom stereocenters. The van der Waals surface area contributed by atoms with Crippen molar-refractivity contribution in [2.24, 2.45) is 0 Å². The van der Waals surface area contributed by atoms with Gasteiger partial charge in [-0.25, -0.2) is 15.0 Å². The lowest BCUT2D eigenvalue weighted by molar-refractivity contribution is 0.0474. The SMILES string of the molecule is CSc1cnc(N[C@H]2CC[C@H](Nc3nc4ccc(C(=O)N5CCCC(O)C5)cc4s3)C2)nc1. The van der Waals surface area contributed by atoms with Gasteiger partial charge in [-0.05, 0) is 56.6 Å². The first-order chi connectivity index (χ1) is 16.1. The van der Waals surface area contributed by atoms with Crippen LogP contribution in [0.15, 0.2) is 35.5 Å². The molecule has 174 valence electrons. The monoisotopic (exact) mass is 484 g/mol. The molecule has 1 amide bonds. The lowest BCUT2D eigenvalue weighted by Gasteiger charge is -2.30. The van der Waals surface area contributed by atoms with Crippen LogP contribution in [0.5, 0.6) is 0 Å². The Morgan fingerprint density at radius 1 is 1.18 bits per heavy atom. The van der Waals surface area contributed by atoms with Crippen molar-refractivity contribution in [3.8, 4) is 0 Å². The Morgan fingerprint density at radius 2 is 1.97 bits per heavy atom. The summed E-state index contributed by atoms with van der Waals surface area (Å²) in [6, 6.07) is 6.35. The topological polar surface area (TPSA) is 103 Å². The number of thiazole rings is 1. The molecule has 1 aromatic carbocycles. The number of nitrogens with zero attached hydrogens (tertiary/aromatic N) is 4. The van der Waals surface area contributed by atoms with Crippen LogP contribution in [0.3, 0.4) is 0 Å². The molecule has 1 saturated heterocycles. The summed E-state index contributed by atoms with van der Waals surface area (Å²) >= 11 is 3.22. The zero-order valence-electron chi connectivity index (χ0n) is 18.5. The number of thioether (sulfide) groups is 1. The second-order valence-electron chi connectivity index (χ2n) is 8.69. The van der Waals surface area contributed by atoms with Gasteiger partial charge < -0.3 is 20.6 Å². The van der Waals surface area contributed by atoms with E-state index >= 15 is 0 Å². The summed E-state index contributed by atoms with van der Waals surface area (Å²) in [5.74, 6) is 0.660. The number of amides is 1. The van der Waals surface area contributed by atoms with E-state index in [1.165, 1.54) is 0 Å². The minimum atomic E-state index is -0.420. The number of piperidine rings is 1. The number of likely N-dealkylation sites (tertiary alicyclic amines) is 1. The summed E-state index contributed by atoms with van der Waals surface area (Å²) < 4.78 is 0.996. The molecule has 2 fully saturated rings. The fourth-order valence-electron chi connectivity index (χ4n) is 4.54. The van der Waals surface area contributed by atoms with Crippen molar-refractivity contribution in [2.75, 3.05) is 30.0 Å². The Morgan fingerprint density at radius 3 is 2.73 bits per heavy atom. The van der Waals surface area contributed by atoms with E-state index in [1.807, 2.05) is 36.8 Å². The molecule has 5 rings (SSSR count). The molecule has 0 bridgehead atoms. The van der Waals surface area contributed by atoms with Crippen molar-refractivity contribution < 1.29 is 9.90 Å². The molecule has 3 aromatic rings. The third kappa shape index (κ3) is 5.23. The quantitative estimate of drug-likeness (QED) is 0.454. The third-order valence-corrected chi connectivity index (χ3v) is 7.91. The summed E-state index contributed by atoms with van der Waals surface area (Å²) in [4.78, 5) is 29.2. The number of anilines is 2. The molecule has 33 heavy (non-hydrogen) atoms. The second-order valence-corrected chi connectivity index (χ2v) is 10.6. The number of aliphatic hydroxyl groups excluding tert-OH is 1. The number of aromatic nitrogens is 3. The van der Waals surface area contributed by atoms with E-state index in [2.05, 4.69) is 20.6 Å². The molecule has 10 heteroatoms. The van der Waals surface area contributed by atoms with Crippen molar-refractivity contribution >= 4 is 50.3 Å². The standard InChI is InChI=1S/C23H28N6O2S2/c1-32-18-11-24-22(25-12-18)26-15-5-6-16(10-15)27-23-28-19-7-4-14(9-20(19)33-23)21(31)29-8-2-3-17(30)13-29/h4,7,9,11-12,15-17,30H,2-3,5-6,8,10,13H2,1H3,(H,27,28)(H,24,25,26)/t15-,16-,17?/m0/s1. The Bertz CT molecular complexity index is 1120. The fourth-order valence-corrected chi connectivity index (χ4v) is 5.84. The average Bonchev–Trinajstić information content (AvgIpc) is 3.44. The van der Waals surface area contributed by atoms with E-state index in [0.29, 0.717) is 36.7 Å². The highest BCUT2D eigenvalue weighted by atomic mass is 32.2. The molecule has 8 nitrogen and oxygen atoms in total. The molecular weight excluding hydrogens is 456 g/mol. The molecule has 2 aromatic heterocycles. The number of rotatable bonds is 6. The van der Waals surface area contributed by atoms with Crippen LogP contribution < -0.4 is 10.6 Å². The minimum absolute atomic E-state index is 0.0175. The van der Waals surface area contributed by atoms with Crippen LogP contribution in [-0.2, 0) is 0 Å². The number of nitrogens with one attached hydrogen (secondary N) is 2. The lowest BCUT2D eigenvalue weighted by Crippen LogP contribution is -2.42. The first kappa shape index (κ1) is 22.4. The van der Waals surface area contributed by atoms with Crippen molar-refractivity contribution in [1.29, 1.82) is 0 Å². The number of carbonyl (C=O) groups excluding carboxylic acids is 1. The number of hydrogen-bond donors (Lipinski definition) is 3. The maximum absolute atomic E-state index is 12.9. The summed E-state index contributed by atoms with van der Waals surface area (Å²) in [6.45, 7) is 1.11. The first-order valence-electron chi connectivity index (χ1n) is 11.3. The zero-order valence-corrected chi connectivity index (χ0v) is 20.2. The van der Waals surface area contributed by atoms with Gasteiger partial charge in [-0.3, -0.25) is 4.79 Å². The van der Waals surface area contributed by atoms with Crippen molar-refractivity contribution in [1.82, 2.24) is 19.9 Å². The minimum Gasteiger partial charge on any atom is -0.391 e. The molecule has 3 heterocycles. The van der Waals surface area contributed by atoms with Crippen LogP contribution in [0.25, 0.3) is 10.2 Å². The highest BCUT2D eigenvalue weighted by Gasteiger charge is 2.26. The molecule has 3 atom stereocenters. The molecule has 0 radical (unpaired) electrons. The van der Waals surface area contributed by atoms with Crippen LogP contribution in [0.1, 0.15) is 42.5 Å². The number of carbonyl (C=O) groups is 1. The van der Waals surface area contributed by atoms with E-state index < -0.39 is 6.10 Å². The summed E-state index contributed by atoms with van der Waals surface area (Å²) in [7, 11) is 0. The van der Waals surface area contributed by atoms with Crippen LogP contribution >= 0.6 is 23.1 Å². The van der Waals surface area contributed by atoms with Crippen LogP contribution in [0.4, 0.5) is 11.1 Å². The largest absolute Gasteiger partial charge is 0.391 e. The Kier molecular flexibility index (Phi) is 6.66. The Hall–Kier alpha value is -2.43.